The standard InChI is InChI=1S/C23H21ClN2O5S/c1-16-11-18(15-25-26-22(27)14-17-7-6-10-20(13-17)30-2)23(21(24)12-16)32(28,29)31-19-8-4-3-5-9-19/h3-13,15H,14H2,1-2H3,(H,26,27)/b25-15+. The Morgan fingerprint density at radius 2 is 1.78 bits per heavy atom. The number of hydrazone groups is 1. The third-order valence-corrected chi connectivity index (χ3v) is 6.09. The highest BCUT2D eigenvalue weighted by molar-refractivity contribution is 7.87. The lowest BCUT2D eigenvalue weighted by atomic mass is 10.1. The summed E-state index contributed by atoms with van der Waals surface area (Å²) < 4.78 is 36.1. The molecule has 0 aliphatic rings. The molecule has 3 aromatic carbocycles. The quantitative estimate of drug-likeness (QED) is 0.302. The van der Waals surface area contributed by atoms with Gasteiger partial charge in [-0.15, -0.1) is 0 Å². The summed E-state index contributed by atoms with van der Waals surface area (Å²) in [6.07, 6.45) is 1.30. The van der Waals surface area contributed by atoms with Crippen molar-refractivity contribution >= 4 is 33.8 Å². The lowest BCUT2D eigenvalue weighted by Crippen LogP contribution is -2.20. The summed E-state index contributed by atoms with van der Waals surface area (Å²) in [6.45, 7) is 1.76. The van der Waals surface area contributed by atoms with E-state index in [1.807, 2.05) is 0 Å². The summed E-state index contributed by atoms with van der Waals surface area (Å²) >= 11 is 6.24. The van der Waals surface area contributed by atoms with Crippen molar-refractivity contribution in [1.82, 2.24) is 5.43 Å². The van der Waals surface area contributed by atoms with Crippen molar-refractivity contribution in [2.45, 2.75) is 18.2 Å². The molecule has 32 heavy (non-hydrogen) atoms. The largest absolute Gasteiger partial charge is 0.497 e. The van der Waals surface area contributed by atoms with Crippen LogP contribution in [0.15, 0.2) is 76.7 Å². The number of carbonyl (C=O) groups excluding carboxylic acids is 1. The molecule has 166 valence electrons. The van der Waals surface area contributed by atoms with E-state index in [0.717, 1.165) is 11.1 Å². The third kappa shape index (κ3) is 6.09. The van der Waals surface area contributed by atoms with Crippen molar-refractivity contribution in [1.29, 1.82) is 0 Å². The van der Waals surface area contributed by atoms with Crippen LogP contribution in [0.5, 0.6) is 11.5 Å². The molecular formula is C23H21ClN2O5S. The Morgan fingerprint density at radius 1 is 1.06 bits per heavy atom. The normalized spacial score (nSPS) is 11.3. The third-order valence-electron chi connectivity index (χ3n) is 4.31. The second kappa shape index (κ2) is 10.3. The second-order valence-electron chi connectivity index (χ2n) is 6.84. The van der Waals surface area contributed by atoms with E-state index in [1.54, 1.807) is 62.6 Å². The Morgan fingerprint density at radius 3 is 2.50 bits per heavy atom. The maximum absolute atomic E-state index is 12.9. The summed E-state index contributed by atoms with van der Waals surface area (Å²) in [5.74, 6) is 0.415. The molecule has 0 aliphatic heterocycles. The number of para-hydroxylation sites is 1. The van der Waals surface area contributed by atoms with E-state index >= 15 is 0 Å². The van der Waals surface area contributed by atoms with Gasteiger partial charge < -0.3 is 8.92 Å². The fraction of sp³-hybridized carbons (Fsp3) is 0.130. The number of aryl methyl sites for hydroxylation is 1. The average Bonchev–Trinajstić information content (AvgIpc) is 2.73. The maximum atomic E-state index is 12.9. The van der Waals surface area contributed by atoms with Gasteiger partial charge in [0.25, 0.3) is 0 Å². The lowest BCUT2D eigenvalue weighted by molar-refractivity contribution is -0.120. The highest BCUT2D eigenvalue weighted by atomic mass is 35.5. The van der Waals surface area contributed by atoms with Gasteiger partial charge in [0.2, 0.25) is 5.91 Å². The number of amides is 1. The van der Waals surface area contributed by atoms with Crippen LogP contribution in [-0.2, 0) is 21.3 Å². The minimum atomic E-state index is -4.25. The highest BCUT2D eigenvalue weighted by Crippen LogP contribution is 2.29. The van der Waals surface area contributed by atoms with Crippen LogP contribution in [0, 0.1) is 6.92 Å². The molecule has 0 fully saturated rings. The summed E-state index contributed by atoms with van der Waals surface area (Å²) in [4.78, 5) is 12.0. The first-order valence-corrected chi connectivity index (χ1v) is 11.3. The van der Waals surface area contributed by atoms with Crippen molar-refractivity contribution in [2.24, 2.45) is 5.10 Å². The topological polar surface area (TPSA) is 94.1 Å². The molecule has 1 amide bonds. The smallest absolute Gasteiger partial charge is 0.341 e. The first-order valence-electron chi connectivity index (χ1n) is 9.53. The summed E-state index contributed by atoms with van der Waals surface area (Å²) in [5, 5.41) is 3.90. The van der Waals surface area contributed by atoms with Crippen LogP contribution in [0.1, 0.15) is 16.7 Å². The number of methoxy groups -OCH3 is 1. The molecule has 0 saturated carbocycles. The van der Waals surface area contributed by atoms with Gasteiger partial charge in [-0.1, -0.05) is 41.9 Å². The van der Waals surface area contributed by atoms with Gasteiger partial charge in [-0.2, -0.15) is 13.5 Å². The number of hydrogen-bond donors (Lipinski definition) is 1. The zero-order chi connectivity index (χ0) is 23.1. The number of benzene rings is 3. The first-order chi connectivity index (χ1) is 15.3. The second-order valence-corrected chi connectivity index (χ2v) is 8.73. The number of ether oxygens (including phenoxy) is 1. The van der Waals surface area contributed by atoms with E-state index in [2.05, 4.69) is 10.5 Å². The van der Waals surface area contributed by atoms with Gasteiger partial charge >= 0.3 is 10.1 Å². The maximum Gasteiger partial charge on any atom is 0.341 e. The number of hydrogen-bond acceptors (Lipinski definition) is 6. The summed E-state index contributed by atoms with van der Waals surface area (Å²) in [7, 11) is -2.70. The van der Waals surface area contributed by atoms with Crippen molar-refractivity contribution < 1.29 is 22.1 Å². The molecule has 9 heteroatoms. The molecule has 0 bridgehead atoms. The van der Waals surface area contributed by atoms with Crippen LogP contribution in [0.2, 0.25) is 5.02 Å². The Bertz CT molecular complexity index is 1240. The zero-order valence-corrected chi connectivity index (χ0v) is 19.0. The lowest BCUT2D eigenvalue weighted by Gasteiger charge is -2.12. The molecule has 3 aromatic rings. The van der Waals surface area contributed by atoms with Crippen LogP contribution < -0.4 is 14.3 Å². The zero-order valence-electron chi connectivity index (χ0n) is 17.4. The van der Waals surface area contributed by atoms with E-state index in [9.17, 15) is 13.2 Å². The van der Waals surface area contributed by atoms with Crippen LogP contribution in [0.25, 0.3) is 0 Å². The molecule has 7 nitrogen and oxygen atoms in total. The Hall–Kier alpha value is -3.36. The molecule has 0 atom stereocenters. The SMILES string of the molecule is COc1cccc(CC(=O)N/N=C/c2cc(C)cc(Cl)c2S(=O)(=O)Oc2ccccc2)c1. The average molecular weight is 473 g/mol. The molecule has 0 aromatic heterocycles. The molecule has 1 N–H and O–H groups in total. The number of nitrogens with one attached hydrogen (secondary N) is 1. The molecule has 0 unspecified atom stereocenters. The fourth-order valence-corrected chi connectivity index (χ4v) is 4.65. The van der Waals surface area contributed by atoms with Crippen LogP contribution in [0.3, 0.4) is 0 Å². The van der Waals surface area contributed by atoms with Crippen LogP contribution >= 0.6 is 11.6 Å². The molecular weight excluding hydrogens is 452 g/mol. The van der Waals surface area contributed by atoms with Crippen molar-refractivity contribution in [2.75, 3.05) is 7.11 Å². The van der Waals surface area contributed by atoms with Crippen molar-refractivity contribution in [3.05, 3.63) is 88.4 Å². The number of halogens is 1. The molecule has 0 spiro atoms. The molecule has 0 aliphatic carbocycles. The summed E-state index contributed by atoms with van der Waals surface area (Å²) in [6, 6.07) is 18.3. The fourth-order valence-electron chi connectivity index (χ4n) is 2.94. The number of carbonyl (C=O) groups is 1. The molecule has 0 radical (unpaired) electrons. The molecule has 0 heterocycles. The van der Waals surface area contributed by atoms with Gasteiger partial charge in [0.15, 0.2) is 0 Å². The Kier molecular flexibility index (Phi) is 7.50. The van der Waals surface area contributed by atoms with E-state index in [0.29, 0.717) is 5.75 Å². The Labute approximate surface area is 191 Å². The molecule has 0 saturated heterocycles. The number of nitrogens with zero attached hydrogens (tertiary/aromatic N) is 1. The predicted molar refractivity (Wildman–Crippen MR) is 123 cm³/mol. The van der Waals surface area contributed by atoms with Gasteiger partial charge in [0.1, 0.15) is 16.4 Å². The van der Waals surface area contributed by atoms with Gasteiger partial charge in [-0.3, -0.25) is 4.79 Å². The Balaban J connectivity index is 1.80. The molecule has 3 rings (SSSR count). The van der Waals surface area contributed by atoms with E-state index in [-0.39, 0.29) is 33.6 Å². The van der Waals surface area contributed by atoms with Crippen LogP contribution in [0.4, 0.5) is 0 Å². The van der Waals surface area contributed by atoms with Gasteiger partial charge in [0.05, 0.1) is 24.8 Å². The van der Waals surface area contributed by atoms with Crippen molar-refractivity contribution in [3.63, 3.8) is 0 Å². The van der Waals surface area contributed by atoms with Gasteiger partial charge in [-0.05, 0) is 54.4 Å². The van der Waals surface area contributed by atoms with Gasteiger partial charge in [0, 0.05) is 5.56 Å². The van der Waals surface area contributed by atoms with E-state index < -0.39 is 10.1 Å². The van der Waals surface area contributed by atoms with Crippen molar-refractivity contribution in [3.8, 4) is 11.5 Å². The van der Waals surface area contributed by atoms with E-state index in [4.69, 9.17) is 20.5 Å². The monoisotopic (exact) mass is 472 g/mol. The number of rotatable bonds is 8. The van der Waals surface area contributed by atoms with Crippen LogP contribution in [-0.4, -0.2) is 27.6 Å². The minimum absolute atomic E-state index is 0.00918. The first kappa shape index (κ1) is 23.3. The minimum Gasteiger partial charge on any atom is -0.497 e. The summed E-state index contributed by atoms with van der Waals surface area (Å²) in [5.41, 5.74) is 4.05. The predicted octanol–water partition coefficient (Wildman–Crippen LogP) is 4.12. The highest BCUT2D eigenvalue weighted by Gasteiger charge is 2.24. The van der Waals surface area contributed by atoms with Gasteiger partial charge in [-0.25, -0.2) is 5.43 Å². The van der Waals surface area contributed by atoms with E-state index in [1.165, 1.54) is 24.4 Å².